The van der Waals surface area contributed by atoms with Gasteiger partial charge in [-0.3, -0.25) is 10.0 Å². The second-order valence-corrected chi connectivity index (χ2v) is 5.91. The molecule has 126 valence electrons. The summed E-state index contributed by atoms with van der Waals surface area (Å²) in [5.74, 6) is 0.187. The van der Waals surface area contributed by atoms with Gasteiger partial charge in [0.15, 0.2) is 0 Å². The normalized spacial score (nSPS) is 15.3. The molecule has 0 aliphatic carbocycles. The smallest absolute Gasteiger partial charge is 0.321 e. The third-order valence-electron chi connectivity index (χ3n) is 4.20. The Kier molecular flexibility index (Phi) is 6.22. The molecule has 1 heterocycles. The molecule has 2 rings (SSSR count). The molecule has 7 heteroatoms. The van der Waals surface area contributed by atoms with E-state index < -0.39 is 0 Å². The minimum atomic E-state index is -0.342. The van der Waals surface area contributed by atoms with E-state index in [2.05, 4.69) is 5.32 Å². The van der Waals surface area contributed by atoms with Crippen LogP contribution in [-0.2, 0) is 4.79 Å². The molecule has 23 heavy (non-hydrogen) atoms. The fourth-order valence-corrected chi connectivity index (χ4v) is 2.80. The zero-order valence-electron chi connectivity index (χ0n) is 13.1. The van der Waals surface area contributed by atoms with Crippen molar-refractivity contribution < 1.29 is 14.8 Å². The van der Waals surface area contributed by atoms with Gasteiger partial charge in [0.05, 0.1) is 0 Å². The first kappa shape index (κ1) is 17.1. The number of piperidine rings is 1. The molecule has 0 radical (unpaired) electrons. The second kappa shape index (κ2) is 8.38. The zero-order chi connectivity index (χ0) is 16.7. The van der Waals surface area contributed by atoms with Crippen LogP contribution < -0.4 is 16.5 Å². The Bertz CT molecular complexity index is 525. The van der Waals surface area contributed by atoms with Crippen molar-refractivity contribution in [2.45, 2.75) is 32.1 Å². The first-order valence-corrected chi connectivity index (χ1v) is 7.93. The number of urea groups is 1. The third-order valence-corrected chi connectivity index (χ3v) is 4.20. The average molecular weight is 320 g/mol. The summed E-state index contributed by atoms with van der Waals surface area (Å²) in [7, 11) is 0. The number of nitrogen functional groups attached to an aromatic ring is 1. The van der Waals surface area contributed by atoms with E-state index in [0.717, 1.165) is 44.5 Å². The number of nitrogens with one attached hydrogen (secondary N) is 2. The summed E-state index contributed by atoms with van der Waals surface area (Å²) in [4.78, 5) is 25.0. The molecule has 0 aromatic heterocycles. The Morgan fingerprint density at radius 1 is 1.22 bits per heavy atom. The van der Waals surface area contributed by atoms with Crippen molar-refractivity contribution in [3.05, 3.63) is 24.3 Å². The maximum Gasteiger partial charge on any atom is 0.321 e. The molecule has 1 saturated heterocycles. The van der Waals surface area contributed by atoms with Crippen molar-refractivity contribution in [3.63, 3.8) is 0 Å². The highest BCUT2D eigenvalue weighted by Crippen LogP contribution is 2.23. The predicted molar refractivity (Wildman–Crippen MR) is 88.0 cm³/mol. The topological polar surface area (TPSA) is 108 Å². The first-order valence-electron chi connectivity index (χ1n) is 7.93. The van der Waals surface area contributed by atoms with Crippen LogP contribution >= 0.6 is 0 Å². The van der Waals surface area contributed by atoms with Gasteiger partial charge in [0, 0.05) is 30.9 Å². The molecule has 0 atom stereocenters. The fraction of sp³-hybridized carbons (Fsp3) is 0.500. The molecule has 1 aliphatic heterocycles. The van der Waals surface area contributed by atoms with Crippen molar-refractivity contribution in [1.82, 2.24) is 10.4 Å². The summed E-state index contributed by atoms with van der Waals surface area (Å²) in [5.41, 5.74) is 8.67. The summed E-state index contributed by atoms with van der Waals surface area (Å²) in [6.45, 7) is 1.44. The SMILES string of the molecule is Nc1ccc(NC(=O)N2CCC(CCCC(=O)NO)CC2)cc1. The summed E-state index contributed by atoms with van der Waals surface area (Å²) in [6, 6.07) is 6.99. The molecule has 1 aromatic carbocycles. The quantitative estimate of drug-likeness (QED) is 0.379. The third kappa shape index (κ3) is 5.45. The molecule has 5 N–H and O–H groups in total. The van der Waals surface area contributed by atoms with Crippen LogP contribution in [0.5, 0.6) is 0 Å². The Morgan fingerprint density at radius 2 is 1.87 bits per heavy atom. The fourth-order valence-electron chi connectivity index (χ4n) is 2.80. The minimum Gasteiger partial charge on any atom is -0.399 e. The maximum absolute atomic E-state index is 12.2. The Hall–Kier alpha value is -2.28. The molecule has 0 unspecified atom stereocenters. The van der Waals surface area contributed by atoms with Crippen molar-refractivity contribution in [2.24, 2.45) is 5.92 Å². The predicted octanol–water partition coefficient (Wildman–Crippen LogP) is 2.19. The van der Waals surface area contributed by atoms with Crippen LogP contribution in [0.25, 0.3) is 0 Å². The van der Waals surface area contributed by atoms with Crippen LogP contribution in [-0.4, -0.2) is 35.1 Å². The average Bonchev–Trinajstić information content (AvgIpc) is 2.57. The van der Waals surface area contributed by atoms with Crippen molar-refractivity contribution >= 4 is 23.3 Å². The summed E-state index contributed by atoms with van der Waals surface area (Å²) in [6.07, 6.45) is 3.93. The lowest BCUT2D eigenvalue weighted by atomic mass is 9.91. The van der Waals surface area contributed by atoms with Crippen LogP contribution in [0, 0.1) is 5.92 Å². The Morgan fingerprint density at radius 3 is 2.48 bits per heavy atom. The summed E-state index contributed by atoms with van der Waals surface area (Å²) >= 11 is 0. The van der Waals surface area contributed by atoms with Crippen LogP contribution in [0.4, 0.5) is 16.2 Å². The van der Waals surface area contributed by atoms with Gasteiger partial charge < -0.3 is 16.0 Å². The molecule has 7 nitrogen and oxygen atoms in total. The van der Waals surface area contributed by atoms with Crippen LogP contribution in [0.2, 0.25) is 0 Å². The monoisotopic (exact) mass is 320 g/mol. The number of hydrogen-bond donors (Lipinski definition) is 4. The van der Waals surface area contributed by atoms with E-state index in [1.165, 1.54) is 0 Å². The van der Waals surface area contributed by atoms with Crippen molar-refractivity contribution in [2.75, 3.05) is 24.1 Å². The number of hydrogen-bond acceptors (Lipinski definition) is 4. The van der Waals surface area contributed by atoms with Crippen molar-refractivity contribution in [1.29, 1.82) is 0 Å². The molecule has 1 aromatic rings. The molecule has 0 spiro atoms. The molecular weight excluding hydrogens is 296 g/mol. The van der Waals surface area contributed by atoms with Gasteiger partial charge in [0.1, 0.15) is 0 Å². The van der Waals surface area contributed by atoms with Gasteiger partial charge in [-0.05, 0) is 55.9 Å². The number of carbonyl (C=O) groups is 2. The molecule has 1 fully saturated rings. The van der Waals surface area contributed by atoms with Crippen LogP contribution in [0.3, 0.4) is 0 Å². The van der Waals surface area contributed by atoms with E-state index in [-0.39, 0.29) is 11.9 Å². The van der Waals surface area contributed by atoms with E-state index in [0.29, 0.717) is 18.0 Å². The number of rotatable bonds is 5. The highest BCUT2D eigenvalue weighted by molar-refractivity contribution is 5.89. The number of likely N-dealkylation sites (tertiary alicyclic amines) is 1. The second-order valence-electron chi connectivity index (χ2n) is 5.91. The van der Waals surface area contributed by atoms with Gasteiger partial charge in [0.2, 0.25) is 5.91 Å². The number of hydroxylamine groups is 1. The maximum atomic E-state index is 12.2. The van der Waals surface area contributed by atoms with Gasteiger partial charge >= 0.3 is 6.03 Å². The lowest BCUT2D eigenvalue weighted by Crippen LogP contribution is -2.41. The van der Waals surface area contributed by atoms with Gasteiger partial charge in [-0.25, -0.2) is 10.3 Å². The first-order chi connectivity index (χ1) is 11.1. The number of carbonyl (C=O) groups excluding carboxylic acids is 2. The van der Waals surface area contributed by atoms with Gasteiger partial charge in [0.25, 0.3) is 0 Å². The molecule has 1 aliphatic rings. The van der Waals surface area contributed by atoms with Crippen LogP contribution in [0.15, 0.2) is 24.3 Å². The van der Waals surface area contributed by atoms with Gasteiger partial charge in [-0.15, -0.1) is 0 Å². The van der Waals surface area contributed by atoms with E-state index in [4.69, 9.17) is 10.9 Å². The highest BCUT2D eigenvalue weighted by atomic mass is 16.5. The minimum absolute atomic E-state index is 0.0899. The standard InChI is InChI=1S/C16H24N4O3/c17-13-4-6-14(7-5-13)18-16(22)20-10-8-12(9-11-20)2-1-3-15(21)19-23/h4-7,12,23H,1-3,8-11,17H2,(H,18,22)(H,19,21). The van der Waals surface area contributed by atoms with Gasteiger partial charge in [-0.2, -0.15) is 0 Å². The zero-order valence-corrected chi connectivity index (χ0v) is 13.1. The molecular formula is C16H24N4O3. The molecule has 0 bridgehead atoms. The number of benzene rings is 1. The number of nitrogens with two attached hydrogens (primary N) is 1. The van der Waals surface area contributed by atoms with E-state index in [1.807, 2.05) is 4.90 Å². The highest BCUT2D eigenvalue weighted by Gasteiger charge is 2.22. The molecule has 3 amide bonds. The summed E-state index contributed by atoms with van der Waals surface area (Å²) < 4.78 is 0. The Labute approximate surface area is 135 Å². The van der Waals surface area contributed by atoms with E-state index in [1.54, 1.807) is 29.7 Å². The lowest BCUT2D eigenvalue weighted by Gasteiger charge is -2.32. The number of nitrogens with zero attached hydrogens (tertiary/aromatic N) is 1. The number of anilines is 2. The van der Waals surface area contributed by atoms with Crippen molar-refractivity contribution in [3.8, 4) is 0 Å². The largest absolute Gasteiger partial charge is 0.399 e. The van der Waals surface area contributed by atoms with E-state index >= 15 is 0 Å². The van der Waals surface area contributed by atoms with Crippen LogP contribution in [0.1, 0.15) is 32.1 Å². The number of amides is 3. The van der Waals surface area contributed by atoms with E-state index in [9.17, 15) is 9.59 Å². The summed E-state index contributed by atoms with van der Waals surface area (Å²) in [5, 5.41) is 11.3. The lowest BCUT2D eigenvalue weighted by molar-refractivity contribution is -0.129. The van der Waals surface area contributed by atoms with Gasteiger partial charge in [-0.1, -0.05) is 0 Å². The molecule has 0 saturated carbocycles. The Balaban J connectivity index is 1.70.